The van der Waals surface area contributed by atoms with Crippen LogP contribution in [0.15, 0.2) is 34.8 Å². The number of halogens is 1. The van der Waals surface area contributed by atoms with Crippen LogP contribution >= 0.6 is 27.3 Å². The van der Waals surface area contributed by atoms with E-state index >= 15 is 0 Å². The standard InChI is InChI=1S/C20H13BrN4S/c21-12-6-4-10(5-7-12)16-14(9-22)19(23)25-17-13-8-11-2-1-3-15(11)24-20(13)26-18(16)17/h4-8H,1-3H2,(H2,23,25). The van der Waals surface area contributed by atoms with Gasteiger partial charge in [0.15, 0.2) is 0 Å². The predicted molar refractivity (Wildman–Crippen MR) is 109 cm³/mol. The Balaban J connectivity index is 1.91. The molecule has 0 aliphatic heterocycles. The van der Waals surface area contributed by atoms with Gasteiger partial charge in [0, 0.05) is 21.1 Å². The van der Waals surface area contributed by atoms with Gasteiger partial charge in [-0.2, -0.15) is 5.26 Å². The van der Waals surface area contributed by atoms with Crippen LogP contribution in [0.4, 0.5) is 5.82 Å². The molecule has 0 spiro atoms. The normalized spacial score (nSPS) is 13.2. The van der Waals surface area contributed by atoms with Crippen molar-refractivity contribution in [3.8, 4) is 17.2 Å². The van der Waals surface area contributed by atoms with Crippen molar-refractivity contribution in [1.29, 1.82) is 5.26 Å². The number of nitrogen functional groups attached to an aromatic ring is 1. The zero-order valence-corrected chi connectivity index (χ0v) is 16.1. The van der Waals surface area contributed by atoms with E-state index in [2.05, 4.69) is 33.0 Å². The summed E-state index contributed by atoms with van der Waals surface area (Å²) in [6, 6.07) is 12.4. The lowest BCUT2D eigenvalue weighted by Gasteiger charge is -2.08. The highest BCUT2D eigenvalue weighted by molar-refractivity contribution is 9.10. The largest absolute Gasteiger partial charge is 0.383 e. The molecule has 4 nitrogen and oxygen atoms in total. The van der Waals surface area contributed by atoms with Crippen molar-refractivity contribution in [2.24, 2.45) is 0 Å². The lowest BCUT2D eigenvalue weighted by atomic mass is 10.00. The van der Waals surface area contributed by atoms with Gasteiger partial charge in [-0.05, 0) is 48.6 Å². The van der Waals surface area contributed by atoms with Crippen LogP contribution in [0.1, 0.15) is 23.2 Å². The molecule has 26 heavy (non-hydrogen) atoms. The first-order valence-corrected chi connectivity index (χ1v) is 9.97. The van der Waals surface area contributed by atoms with Gasteiger partial charge in [0.1, 0.15) is 22.3 Å². The Morgan fingerprint density at radius 1 is 1.15 bits per heavy atom. The molecule has 0 radical (unpaired) electrons. The SMILES string of the molecule is N#Cc1c(N)nc2c(sc3nc4c(cc32)CCC4)c1-c1ccc(Br)cc1. The van der Waals surface area contributed by atoms with E-state index in [1.807, 2.05) is 24.3 Å². The molecule has 2 N–H and O–H groups in total. The molecule has 0 atom stereocenters. The van der Waals surface area contributed by atoms with Crippen molar-refractivity contribution in [1.82, 2.24) is 9.97 Å². The quantitative estimate of drug-likeness (QED) is 0.458. The van der Waals surface area contributed by atoms with Crippen molar-refractivity contribution >= 4 is 53.5 Å². The second kappa shape index (κ2) is 5.76. The second-order valence-electron chi connectivity index (χ2n) is 6.45. The van der Waals surface area contributed by atoms with E-state index in [-0.39, 0.29) is 5.82 Å². The van der Waals surface area contributed by atoms with Crippen LogP contribution in [0, 0.1) is 11.3 Å². The maximum absolute atomic E-state index is 9.69. The second-order valence-corrected chi connectivity index (χ2v) is 8.36. The van der Waals surface area contributed by atoms with Crippen LogP contribution in [0.25, 0.3) is 31.6 Å². The number of nitriles is 1. The molecule has 1 aromatic carbocycles. The maximum atomic E-state index is 9.69. The lowest BCUT2D eigenvalue weighted by molar-refractivity contribution is 0.901. The minimum Gasteiger partial charge on any atom is -0.383 e. The molecule has 3 aromatic heterocycles. The van der Waals surface area contributed by atoms with Crippen molar-refractivity contribution in [3.63, 3.8) is 0 Å². The summed E-state index contributed by atoms with van der Waals surface area (Å²) in [6.07, 6.45) is 3.27. The summed E-state index contributed by atoms with van der Waals surface area (Å²) >= 11 is 5.07. The van der Waals surface area contributed by atoms with E-state index in [0.717, 1.165) is 55.3 Å². The Bertz CT molecular complexity index is 1240. The van der Waals surface area contributed by atoms with Gasteiger partial charge in [-0.25, -0.2) is 9.97 Å². The molecule has 0 unspecified atom stereocenters. The summed E-state index contributed by atoms with van der Waals surface area (Å²) < 4.78 is 1.97. The number of fused-ring (bicyclic) bond motifs is 4. The number of anilines is 1. The third-order valence-electron chi connectivity index (χ3n) is 4.89. The van der Waals surface area contributed by atoms with Crippen molar-refractivity contribution < 1.29 is 0 Å². The number of aromatic nitrogens is 2. The highest BCUT2D eigenvalue weighted by atomic mass is 79.9. The number of aryl methyl sites for hydroxylation is 2. The molecule has 0 amide bonds. The van der Waals surface area contributed by atoms with E-state index in [1.165, 1.54) is 11.3 Å². The minimum absolute atomic E-state index is 0.276. The van der Waals surface area contributed by atoms with Gasteiger partial charge in [-0.1, -0.05) is 28.1 Å². The summed E-state index contributed by atoms with van der Waals surface area (Å²) in [7, 11) is 0. The predicted octanol–water partition coefficient (Wildman–Crippen LogP) is 5.22. The Labute approximate surface area is 162 Å². The molecule has 3 heterocycles. The molecule has 6 heteroatoms. The van der Waals surface area contributed by atoms with E-state index < -0.39 is 0 Å². The summed E-state index contributed by atoms with van der Waals surface area (Å²) in [5.74, 6) is 0.276. The Hall–Kier alpha value is -2.49. The fraction of sp³-hybridized carbons (Fsp3) is 0.150. The summed E-state index contributed by atoms with van der Waals surface area (Å²) in [5, 5.41) is 10.7. The van der Waals surface area contributed by atoms with Gasteiger partial charge in [0.05, 0.1) is 10.2 Å². The highest BCUT2D eigenvalue weighted by Crippen LogP contribution is 2.42. The van der Waals surface area contributed by atoms with Crippen LogP contribution in [0.3, 0.4) is 0 Å². The fourth-order valence-corrected chi connectivity index (χ4v) is 5.12. The molecule has 0 bridgehead atoms. The molecular weight excluding hydrogens is 408 g/mol. The molecule has 1 aliphatic carbocycles. The molecule has 4 aromatic rings. The minimum atomic E-state index is 0.276. The first kappa shape index (κ1) is 15.7. The van der Waals surface area contributed by atoms with Crippen LogP contribution in [0.2, 0.25) is 0 Å². The summed E-state index contributed by atoms with van der Waals surface area (Å²) in [5.41, 5.74) is 11.8. The molecule has 5 rings (SSSR count). The van der Waals surface area contributed by atoms with Crippen molar-refractivity contribution in [3.05, 3.63) is 51.6 Å². The fourth-order valence-electron chi connectivity index (χ4n) is 3.67. The van der Waals surface area contributed by atoms with E-state index in [4.69, 9.17) is 10.7 Å². The summed E-state index contributed by atoms with van der Waals surface area (Å²) in [4.78, 5) is 10.4. The number of hydrogen-bond acceptors (Lipinski definition) is 5. The van der Waals surface area contributed by atoms with E-state index in [9.17, 15) is 5.26 Å². The van der Waals surface area contributed by atoms with Gasteiger partial charge in [0.25, 0.3) is 0 Å². The molecule has 126 valence electrons. The third kappa shape index (κ3) is 2.24. The molecule has 0 saturated heterocycles. The monoisotopic (exact) mass is 420 g/mol. The Morgan fingerprint density at radius 3 is 2.73 bits per heavy atom. The smallest absolute Gasteiger partial charge is 0.142 e. The van der Waals surface area contributed by atoms with Crippen molar-refractivity contribution in [2.45, 2.75) is 19.3 Å². The number of thiophene rings is 1. The average Bonchev–Trinajstić information content (AvgIpc) is 3.23. The summed E-state index contributed by atoms with van der Waals surface area (Å²) in [6.45, 7) is 0. The topological polar surface area (TPSA) is 75.6 Å². The molecule has 1 aliphatic rings. The van der Waals surface area contributed by atoms with E-state index in [1.54, 1.807) is 11.3 Å². The highest BCUT2D eigenvalue weighted by Gasteiger charge is 2.22. The number of pyridine rings is 2. The number of hydrogen-bond donors (Lipinski definition) is 1. The Morgan fingerprint density at radius 2 is 1.96 bits per heavy atom. The molecule has 0 fully saturated rings. The van der Waals surface area contributed by atoms with Crippen LogP contribution in [0.5, 0.6) is 0 Å². The first-order chi connectivity index (χ1) is 12.7. The van der Waals surface area contributed by atoms with Crippen molar-refractivity contribution in [2.75, 3.05) is 5.73 Å². The lowest BCUT2D eigenvalue weighted by Crippen LogP contribution is -1.98. The van der Waals surface area contributed by atoms with Gasteiger partial charge < -0.3 is 5.73 Å². The molecular formula is C20H13BrN4S. The van der Waals surface area contributed by atoms with Gasteiger partial charge in [-0.3, -0.25) is 0 Å². The zero-order valence-electron chi connectivity index (χ0n) is 13.7. The average molecular weight is 421 g/mol. The number of nitrogens with two attached hydrogens (primary N) is 1. The number of rotatable bonds is 1. The van der Waals surface area contributed by atoms with Crippen LogP contribution in [-0.4, -0.2) is 9.97 Å². The zero-order chi connectivity index (χ0) is 17.8. The number of nitrogens with zero attached hydrogens (tertiary/aromatic N) is 3. The first-order valence-electron chi connectivity index (χ1n) is 8.36. The van der Waals surface area contributed by atoms with Crippen LogP contribution in [-0.2, 0) is 12.8 Å². The Kier molecular flexibility index (Phi) is 3.49. The third-order valence-corrected chi connectivity index (χ3v) is 6.53. The maximum Gasteiger partial charge on any atom is 0.142 e. The van der Waals surface area contributed by atoms with Crippen LogP contribution < -0.4 is 5.73 Å². The van der Waals surface area contributed by atoms with Gasteiger partial charge in [0.2, 0.25) is 0 Å². The number of benzene rings is 1. The molecule has 0 saturated carbocycles. The van der Waals surface area contributed by atoms with Gasteiger partial charge in [-0.15, -0.1) is 11.3 Å². The van der Waals surface area contributed by atoms with Gasteiger partial charge >= 0.3 is 0 Å². The van der Waals surface area contributed by atoms with E-state index in [0.29, 0.717) is 5.56 Å².